The van der Waals surface area contributed by atoms with Crippen LogP contribution in [-0.2, 0) is 0 Å². The van der Waals surface area contributed by atoms with Crippen molar-refractivity contribution in [2.24, 2.45) is 5.10 Å². The summed E-state index contributed by atoms with van der Waals surface area (Å²) in [5.74, 6) is -0.488. The van der Waals surface area contributed by atoms with Gasteiger partial charge >= 0.3 is 0 Å². The van der Waals surface area contributed by atoms with Gasteiger partial charge in [0, 0.05) is 28.1 Å². The summed E-state index contributed by atoms with van der Waals surface area (Å²) in [6.07, 6.45) is 1.54. The largest absolute Gasteiger partial charge is 0.271 e. The van der Waals surface area contributed by atoms with Gasteiger partial charge in [-0.1, -0.05) is 6.07 Å². The second kappa shape index (κ2) is 6.07. The Labute approximate surface area is 118 Å². The predicted octanol–water partition coefficient (Wildman–Crippen LogP) is 2.73. The fraction of sp³-hybridized carbons (Fsp3) is 0.0769. The van der Waals surface area contributed by atoms with Crippen molar-refractivity contribution in [3.8, 4) is 0 Å². The zero-order valence-corrected chi connectivity index (χ0v) is 11.4. The molecule has 0 unspecified atom stereocenters. The van der Waals surface area contributed by atoms with Crippen LogP contribution in [0.25, 0.3) is 0 Å². The Kier molecular flexibility index (Phi) is 4.21. The first-order chi connectivity index (χ1) is 9.58. The van der Waals surface area contributed by atoms with E-state index in [0.29, 0.717) is 0 Å². The van der Waals surface area contributed by atoms with Crippen LogP contribution in [0.5, 0.6) is 0 Å². The molecule has 20 heavy (non-hydrogen) atoms. The average Bonchev–Trinajstić information content (AvgIpc) is 2.84. The number of hydrazone groups is 1. The number of non-ortho nitro benzene ring substituents is 1. The first-order valence-corrected chi connectivity index (χ1v) is 6.58. The lowest BCUT2D eigenvalue weighted by molar-refractivity contribution is -0.384. The van der Waals surface area contributed by atoms with E-state index in [1.54, 1.807) is 17.6 Å². The summed E-state index contributed by atoms with van der Waals surface area (Å²) in [5.41, 5.74) is 3.33. The number of nitrogens with zero attached hydrogens (tertiary/aromatic N) is 2. The fourth-order valence-electron chi connectivity index (χ4n) is 1.51. The van der Waals surface area contributed by atoms with Crippen LogP contribution in [-0.4, -0.2) is 17.0 Å². The highest BCUT2D eigenvalue weighted by Gasteiger charge is 2.10. The third-order valence-electron chi connectivity index (χ3n) is 2.59. The lowest BCUT2D eigenvalue weighted by atomic mass is 10.2. The van der Waals surface area contributed by atoms with Crippen LogP contribution >= 0.6 is 11.3 Å². The smallest absolute Gasteiger partial charge is 0.267 e. The number of nitro groups is 1. The molecular formula is C13H11N3O3S. The number of hydrogen-bond donors (Lipinski definition) is 1. The number of nitro benzene ring substituents is 1. The molecule has 1 aromatic heterocycles. The lowest BCUT2D eigenvalue weighted by Gasteiger charge is -1.99. The number of amides is 1. The van der Waals surface area contributed by atoms with E-state index in [-0.39, 0.29) is 11.3 Å². The van der Waals surface area contributed by atoms with Crippen molar-refractivity contribution in [1.82, 2.24) is 5.43 Å². The highest BCUT2D eigenvalue weighted by Crippen LogP contribution is 2.13. The predicted molar refractivity (Wildman–Crippen MR) is 77.2 cm³/mol. The molecule has 2 rings (SSSR count). The van der Waals surface area contributed by atoms with Gasteiger partial charge in [-0.3, -0.25) is 14.9 Å². The van der Waals surface area contributed by atoms with E-state index < -0.39 is 10.8 Å². The number of carbonyl (C=O) groups excluding carboxylic acids is 1. The van der Waals surface area contributed by atoms with Gasteiger partial charge in [0.25, 0.3) is 11.6 Å². The average molecular weight is 289 g/mol. The molecule has 6 nitrogen and oxygen atoms in total. The molecule has 7 heteroatoms. The molecule has 1 heterocycles. The Balaban J connectivity index is 2.05. The Bertz CT molecular complexity index is 679. The molecule has 0 spiro atoms. The monoisotopic (exact) mass is 289 g/mol. The molecule has 0 saturated carbocycles. The molecule has 0 aliphatic heterocycles. The molecule has 1 aromatic carbocycles. The zero-order valence-electron chi connectivity index (χ0n) is 10.6. The molecule has 0 aliphatic carbocycles. The third-order valence-corrected chi connectivity index (χ3v) is 3.45. The Morgan fingerprint density at radius 2 is 2.25 bits per heavy atom. The van der Waals surface area contributed by atoms with Gasteiger partial charge < -0.3 is 0 Å². The summed E-state index contributed by atoms with van der Waals surface area (Å²) in [6, 6.07) is 7.38. The van der Waals surface area contributed by atoms with Gasteiger partial charge in [0.05, 0.1) is 11.1 Å². The van der Waals surface area contributed by atoms with Crippen molar-refractivity contribution >= 4 is 29.1 Å². The lowest BCUT2D eigenvalue weighted by Crippen LogP contribution is -2.17. The molecule has 0 saturated heterocycles. The van der Waals surface area contributed by atoms with Gasteiger partial charge in [-0.2, -0.15) is 5.10 Å². The minimum Gasteiger partial charge on any atom is -0.267 e. The molecule has 2 aromatic rings. The van der Waals surface area contributed by atoms with Gasteiger partial charge in [0.1, 0.15) is 0 Å². The van der Waals surface area contributed by atoms with Gasteiger partial charge in [-0.25, -0.2) is 5.43 Å². The summed E-state index contributed by atoms with van der Waals surface area (Å²) in [6.45, 7) is 1.95. The maximum Gasteiger partial charge on any atom is 0.271 e. The molecule has 0 atom stereocenters. The van der Waals surface area contributed by atoms with Crippen molar-refractivity contribution < 1.29 is 9.72 Å². The highest BCUT2D eigenvalue weighted by atomic mass is 32.1. The van der Waals surface area contributed by atoms with Crippen molar-refractivity contribution in [1.29, 1.82) is 0 Å². The summed E-state index contributed by atoms with van der Waals surface area (Å²) in [4.78, 5) is 23.0. The second-order valence-electron chi connectivity index (χ2n) is 3.94. The van der Waals surface area contributed by atoms with Crippen molar-refractivity contribution in [2.75, 3.05) is 0 Å². The quantitative estimate of drug-likeness (QED) is 0.533. The minimum absolute atomic E-state index is 0.129. The summed E-state index contributed by atoms with van der Waals surface area (Å²) in [5, 5.41) is 16.4. The highest BCUT2D eigenvalue weighted by molar-refractivity contribution is 7.10. The number of benzene rings is 1. The summed E-state index contributed by atoms with van der Waals surface area (Å²) < 4.78 is 0. The van der Waals surface area contributed by atoms with E-state index in [1.807, 2.05) is 18.4 Å². The third kappa shape index (κ3) is 3.27. The Hall–Kier alpha value is -2.54. The molecule has 1 N–H and O–H groups in total. The fourth-order valence-corrected chi connectivity index (χ4v) is 2.19. The van der Waals surface area contributed by atoms with Crippen molar-refractivity contribution in [3.05, 3.63) is 61.8 Å². The van der Waals surface area contributed by atoms with E-state index in [9.17, 15) is 14.9 Å². The van der Waals surface area contributed by atoms with Gasteiger partial charge in [0.15, 0.2) is 0 Å². The van der Waals surface area contributed by atoms with Gasteiger partial charge in [-0.15, -0.1) is 11.3 Å². The summed E-state index contributed by atoms with van der Waals surface area (Å²) in [7, 11) is 0. The van der Waals surface area contributed by atoms with Crippen LogP contribution in [0, 0.1) is 17.0 Å². The van der Waals surface area contributed by atoms with Crippen LogP contribution in [0.2, 0.25) is 0 Å². The summed E-state index contributed by atoms with van der Waals surface area (Å²) >= 11 is 1.59. The first-order valence-electron chi connectivity index (χ1n) is 5.70. The van der Waals surface area contributed by atoms with Gasteiger partial charge in [-0.05, 0) is 24.4 Å². The van der Waals surface area contributed by atoms with Crippen LogP contribution < -0.4 is 5.43 Å². The number of nitrogens with one attached hydrogen (secondary N) is 1. The zero-order chi connectivity index (χ0) is 14.5. The van der Waals surface area contributed by atoms with E-state index in [4.69, 9.17) is 0 Å². The SMILES string of the molecule is Cc1sccc1/C=N/NC(=O)c1cccc([N+](=O)[O-])c1. The van der Waals surface area contributed by atoms with E-state index >= 15 is 0 Å². The van der Waals surface area contributed by atoms with Crippen LogP contribution in [0.1, 0.15) is 20.8 Å². The van der Waals surface area contributed by atoms with Crippen LogP contribution in [0.15, 0.2) is 40.8 Å². The Morgan fingerprint density at radius 1 is 1.45 bits per heavy atom. The first kappa shape index (κ1) is 13.9. The van der Waals surface area contributed by atoms with E-state index in [0.717, 1.165) is 10.4 Å². The van der Waals surface area contributed by atoms with Gasteiger partial charge in [0.2, 0.25) is 0 Å². The molecule has 0 aliphatic rings. The molecule has 0 radical (unpaired) electrons. The second-order valence-corrected chi connectivity index (χ2v) is 5.06. The molecule has 0 bridgehead atoms. The number of hydrogen-bond acceptors (Lipinski definition) is 5. The van der Waals surface area contributed by atoms with Crippen molar-refractivity contribution in [2.45, 2.75) is 6.92 Å². The maximum atomic E-state index is 11.8. The maximum absolute atomic E-state index is 11.8. The molecule has 102 valence electrons. The number of rotatable bonds is 4. The minimum atomic E-state index is -0.547. The molecular weight excluding hydrogens is 278 g/mol. The topological polar surface area (TPSA) is 84.6 Å². The number of aryl methyl sites for hydroxylation is 1. The van der Waals surface area contributed by atoms with Crippen LogP contribution in [0.4, 0.5) is 5.69 Å². The normalized spacial score (nSPS) is 10.7. The van der Waals surface area contributed by atoms with Crippen molar-refractivity contribution in [3.63, 3.8) is 0 Å². The van der Waals surface area contributed by atoms with E-state index in [1.165, 1.54) is 24.3 Å². The number of carbonyl (C=O) groups is 1. The Morgan fingerprint density at radius 3 is 2.90 bits per heavy atom. The number of thiophene rings is 1. The van der Waals surface area contributed by atoms with Crippen LogP contribution in [0.3, 0.4) is 0 Å². The molecule has 1 amide bonds. The molecule has 0 fully saturated rings. The van der Waals surface area contributed by atoms with E-state index in [2.05, 4.69) is 10.5 Å². The standard InChI is InChI=1S/C13H11N3O3S/c1-9-11(5-6-20-9)8-14-15-13(17)10-3-2-4-12(7-10)16(18)19/h2-8H,1H3,(H,15,17)/b14-8+.